The Morgan fingerprint density at radius 3 is 2.11 bits per heavy atom. The quantitative estimate of drug-likeness (QED) is 0.260. The van der Waals surface area contributed by atoms with E-state index >= 15 is 0 Å². The van der Waals surface area contributed by atoms with Crippen molar-refractivity contribution in [2.24, 2.45) is 0 Å². The standard InChI is InChI=1S/C33H30ClN/c34-28-18-15-24(16-19-28)23-35-32-14-8-7-13-29(32)31-22-25(17-20-33(31)35)21-30(26-9-3-1-4-10-26)27-11-5-2-6-12-27/h1-6,9-12,15-22,29,32H,7-8,13-14,23H2. The Balaban J connectivity index is 1.40. The van der Waals surface area contributed by atoms with E-state index < -0.39 is 0 Å². The van der Waals surface area contributed by atoms with E-state index in [9.17, 15) is 0 Å². The Kier molecular flexibility index (Phi) is 6.19. The average molecular weight is 476 g/mol. The number of benzene rings is 4. The zero-order valence-electron chi connectivity index (χ0n) is 19.9. The minimum atomic E-state index is 0.594. The van der Waals surface area contributed by atoms with Gasteiger partial charge in [-0.15, -0.1) is 0 Å². The molecule has 6 rings (SSSR count). The predicted octanol–water partition coefficient (Wildman–Crippen LogP) is 8.98. The van der Waals surface area contributed by atoms with Crippen molar-refractivity contribution < 1.29 is 0 Å². The maximum Gasteiger partial charge on any atom is 0.0432 e. The highest BCUT2D eigenvalue weighted by molar-refractivity contribution is 6.30. The van der Waals surface area contributed by atoms with Crippen LogP contribution in [0, 0.1) is 0 Å². The number of fused-ring (bicyclic) bond motifs is 3. The Morgan fingerprint density at radius 1 is 0.771 bits per heavy atom. The first-order valence-electron chi connectivity index (χ1n) is 12.7. The van der Waals surface area contributed by atoms with Gasteiger partial charge < -0.3 is 4.90 Å². The second kappa shape index (κ2) is 9.76. The van der Waals surface area contributed by atoms with Gasteiger partial charge in [0.15, 0.2) is 0 Å². The Bertz CT molecular complexity index is 1280. The van der Waals surface area contributed by atoms with Gasteiger partial charge in [-0.05, 0) is 76.6 Å². The lowest BCUT2D eigenvalue weighted by Crippen LogP contribution is -2.35. The summed E-state index contributed by atoms with van der Waals surface area (Å²) in [5, 5.41) is 0.801. The molecule has 1 saturated carbocycles. The molecule has 1 aliphatic carbocycles. The van der Waals surface area contributed by atoms with Crippen LogP contribution in [-0.2, 0) is 6.54 Å². The van der Waals surface area contributed by atoms with Crippen LogP contribution >= 0.6 is 11.6 Å². The van der Waals surface area contributed by atoms with Crippen LogP contribution in [0.3, 0.4) is 0 Å². The fourth-order valence-electron chi connectivity index (χ4n) is 5.97. The molecule has 0 aromatic heterocycles. The van der Waals surface area contributed by atoms with E-state index in [0.717, 1.165) is 11.6 Å². The van der Waals surface area contributed by atoms with Crippen molar-refractivity contribution in [1.82, 2.24) is 0 Å². The number of hydrogen-bond acceptors (Lipinski definition) is 1. The first-order chi connectivity index (χ1) is 17.3. The van der Waals surface area contributed by atoms with Crippen LogP contribution < -0.4 is 4.90 Å². The summed E-state index contributed by atoms with van der Waals surface area (Å²) in [6, 6.07) is 37.6. The van der Waals surface area contributed by atoms with Gasteiger partial charge in [-0.1, -0.05) is 103 Å². The van der Waals surface area contributed by atoms with Crippen molar-refractivity contribution >= 4 is 28.9 Å². The summed E-state index contributed by atoms with van der Waals surface area (Å²) < 4.78 is 0. The third-order valence-corrected chi connectivity index (χ3v) is 7.89. The molecular weight excluding hydrogens is 446 g/mol. The van der Waals surface area contributed by atoms with Crippen LogP contribution in [0.4, 0.5) is 5.69 Å². The van der Waals surface area contributed by atoms with Gasteiger partial charge in [0.2, 0.25) is 0 Å². The van der Waals surface area contributed by atoms with Gasteiger partial charge in [-0.2, -0.15) is 0 Å². The Labute approximate surface area is 213 Å². The molecule has 1 aliphatic heterocycles. The zero-order valence-corrected chi connectivity index (χ0v) is 20.7. The highest BCUT2D eigenvalue weighted by Gasteiger charge is 2.39. The lowest BCUT2D eigenvalue weighted by molar-refractivity contribution is 0.385. The number of nitrogens with zero attached hydrogens (tertiary/aromatic N) is 1. The molecule has 2 atom stereocenters. The molecule has 0 amide bonds. The number of hydrogen-bond donors (Lipinski definition) is 0. The minimum absolute atomic E-state index is 0.594. The molecule has 0 bridgehead atoms. The summed E-state index contributed by atoms with van der Waals surface area (Å²) in [6.07, 6.45) is 7.58. The minimum Gasteiger partial charge on any atom is -0.363 e. The van der Waals surface area contributed by atoms with Gasteiger partial charge in [0.1, 0.15) is 0 Å². The average Bonchev–Trinajstić information content (AvgIpc) is 3.22. The first kappa shape index (κ1) is 22.2. The van der Waals surface area contributed by atoms with E-state index in [-0.39, 0.29) is 0 Å². The first-order valence-corrected chi connectivity index (χ1v) is 13.1. The summed E-state index contributed by atoms with van der Waals surface area (Å²) >= 11 is 6.15. The van der Waals surface area contributed by atoms with E-state index in [2.05, 4.69) is 102 Å². The summed E-state index contributed by atoms with van der Waals surface area (Å²) in [5.41, 5.74) is 9.31. The molecule has 0 spiro atoms. The van der Waals surface area contributed by atoms with Crippen LogP contribution in [0.1, 0.15) is 59.4 Å². The number of halogens is 1. The van der Waals surface area contributed by atoms with Crippen LogP contribution in [0.2, 0.25) is 5.02 Å². The van der Waals surface area contributed by atoms with Crippen molar-refractivity contribution in [2.75, 3.05) is 4.90 Å². The maximum absolute atomic E-state index is 6.15. The molecule has 4 aromatic carbocycles. The lowest BCUT2D eigenvalue weighted by Gasteiger charge is -2.33. The number of rotatable bonds is 5. The van der Waals surface area contributed by atoms with Gasteiger partial charge in [-0.3, -0.25) is 0 Å². The molecule has 2 aliphatic rings. The van der Waals surface area contributed by atoms with Gasteiger partial charge in [0, 0.05) is 29.2 Å². The van der Waals surface area contributed by atoms with E-state index in [1.54, 1.807) is 0 Å². The van der Waals surface area contributed by atoms with Gasteiger partial charge in [-0.25, -0.2) is 0 Å². The monoisotopic (exact) mass is 475 g/mol. The molecule has 1 nitrogen and oxygen atoms in total. The molecular formula is C33H30ClN. The van der Waals surface area contributed by atoms with Crippen molar-refractivity contribution in [2.45, 2.75) is 44.2 Å². The molecule has 2 heteroatoms. The van der Waals surface area contributed by atoms with Crippen LogP contribution in [0.15, 0.2) is 103 Å². The van der Waals surface area contributed by atoms with Crippen molar-refractivity contribution in [1.29, 1.82) is 0 Å². The normalized spacial score (nSPS) is 18.6. The van der Waals surface area contributed by atoms with Crippen molar-refractivity contribution in [3.05, 3.63) is 136 Å². The van der Waals surface area contributed by atoms with E-state index in [1.165, 1.54) is 64.8 Å². The highest BCUT2D eigenvalue weighted by atomic mass is 35.5. The third kappa shape index (κ3) is 4.54. The van der Waals surface area contributed by atoms with Crippen molar-refractivity contribution in [3.63, 3.8) is 0 Å². The summed E-state index contributed by atoms with van der Waals surface area (Å²) in [5.74, 6) is 0.622. The van der Waals surface area contributed by atoms with E-state index in [1.807, 2.05) is 12.1 Å². The van der Waals surface area contributed by atoms with E-state index in [0.29, 0.717) is 12.0 Å². The summed E-state index contributed by atoms with van der Waals surface area (Å²) in [6.45, 7) is 0.944. The fourth-order valence-corrected chi connectivity index (χ4v) is 6.10. The largest absolute Gasteiger partial charge is 0.363 e. The summed E-state index contributed by atoms with van der Waals surface area (Å²) in [7, 11) is 0. The predicted molar refractivity (Wildman–Crippen MR) is 149 cm³/mol. The molecule has 174 valence electrons. The Morgan fingerprint density at radius 2 is 1.43 bits per heavy atom. The SMILES string of the molecule is Clc1ccc(CN2c3ccc(C=C(c4ccccc4)c4ccccc4)cc3C3CCCCC32)cc1. The highest BCUT2D eigenvalue weighted by Crippen LogP contribution is 2.49. The van der Waals surface area contributed by atoms with Crippen molar-refractivity contribution in [3.8, 4) is 0 Å². The topological polar surface area (TPSA) is 3.24 Å². The van der Waals surface area contributed by atoms with Crippen LogP contribution in [0.25, 0.3) is 11.6 Å². The molecule has 1 heterocycles. The third-order valence-electron chi connectivity index (χ3n) is 7.64. The molecule has 2 unspecified atom stereocenters. The maximum atomic E-state index is 6.15. The molecule has 4 aromatic rings. The smallest absolute Gasteiger partial charge is 0.0432 e. The Hall–Kier alpha value is -3.29. The zero-order chi connectivity index (χ0) is 23.6. The second-order valence-electron chi connectivity index (χ2n) is 9.82. The summed E-state index contributed by atoms with van der Waals surface area (Å²) in [4.78, 5) is 2.66. The molecule has 1 fully saturated rings. The lowest BCUT2D eigenvalue weighted by atomic mass is 9.82. The number of anilines is 1. The fraction of sp³-hybridized carbons (Fsp3) is 0.212. The van der Waals surface area contributed by atoms with Gasteiger partial charge in [0.25, 0.3) is 0 Å². The molecule has 0 saturated heterocycles. The van der Waals surface area contributed by atoms with E-state index in [4.69, 9.17) is 11.6 Å². The van der Waals surface area contributed by atoms with Gasteiger partial charge >= 0.3 is 0 Å². The molecule has 0 radical (unpaired) electrons. The molecule has 0 N–H and O–H groups in total. The van der Waals surface area contributed by atoms with Gasteiger partial charge in [0.05, 0.1) is 0 Å². The second-order valence-corrected chi connectivity index (χ2v) is 10.3. The van der Waals surface area contributed by atoms with Crippen LogP contribution in [-0.4, -0.2) is 6.04 Å². The molecule has 35 heavy (non-hydrogen) atoms. The van der Waals surface area contributed by atoms with Crippen LogP contribution in [0.5, 0.6) is 0 Å².